The van der Waals surface area contributed by atoms with Crippen molar-refractivity contribution in [3.63, 3.8) is 0 Å². The average molecular weight is 244 g/mol. The van der Waals surface area contributed by atoms with Gasteiger partial charge in [-0.1, -0.05) is 0 Å². The van der Waals surface area contributed by atoms with Crippen LogP contribution in [0.2, 0.25) is 0 Å². The van der Waals surface area contributed by atoms with Gasteiger partial charge in [0.2, 0.25) is 0 Å². The van der Waals surface area contributed by atoms with Crippen LogP contribution in [0.4, 0.5) is 5.82 Å². The molecule has 0 spiro atoms. The Hall–Kier alpha value is -1.91. The van der Waals surface area contributed by atoms with Crippen molar-refractivity contribution in [3.8, 4) is 0 Å². The number of nitrogens with zero attached hydrogens (tertiary/aromatic N) is 4. The number of carbonyl (C=O) groups is 1. The second-order valence-electron chi connectivity index (χ2n) is 4.78. The molecule has 0 aromatic carbocycles. The van der Waals surface area contributed by atoms with Crippen molar-refractivity contribution in [2.24, 2.45) is 5.92 Å². The molecule has 3 heterocycles. The van der Waals surface area contributed by atoms with E-state index in [0.717, 1.165) is 37.3 Å². The highest BCUT2D eigenvalue weighted by molar-refractivity contribution is 5.78. The van der Waals surface area contributed by atoms with Crippen molar-refractivity contribution >= 4 is 17.1 Å². The summed E-state index contributed by atoms with van der Waals surface area (Å²) in [5.74, 6) is 1.51. The SMILES string of the molecule is CC(=O)C1CCN(c2nccn3nccc23)CC1. The van der Waals surface area contributed by atoms with E-state index in [1.54, 1.807) is 19.3 Å². The number of piperidine rings is 1. The maximum atomic E-state index is 11.4. The molecule has 0 amide bonds. The van der Waals surface area contributed by atoms with Crippen LogP contribution < -0.4 is 4.90 Å². The van der Waals surface area contributed by atoms with E-state index in [9.17, 15) is 4.79 Å². The molecular weight excluding hydrogens is 228 g/mol. The van der Waals surface area contributed by atoms with Crippen LogP contribution in [0.25, 0.3) is 5.52 Å². The number of hydrogen-bond donors (Lipinski definition) is 0. The van der Waals surface area contributed by atoms with Gasteiger partial charge in [0.25, 0.3) is 0 Å². The second-order valence-corrected chi connectivity index (χ2v) is 4.78. The number of rotatable bonds is 2. The molecule has 94 valence electrons. The van der Waals surface area contributed by atoms with Gasteiger partial charge in [-0.05, 0) is 25.8 Å². The molecule has 0 atom stereocenters. The van der Waals surface area contributed by atoms with Crippen LogP contribution in [0.3, 0.4) is 0 Å². The number of anilines is 1. The van der Waals surface area contributed by atoms with Gasteiger partial charge in [-0.25, -0.2) is 9.50 Å². The van der Waals surface area contributed by atoms with Gasteiger partial charge < -0.3 is 4.90 Å². The summed E-state index contributed by atoms with van der Waals surface area (Å²) < 4.78 is 1.83. The monoisotopic (exact) mass is 244 g/mol. The van der Waals surface area contributed by atoms with Gasteiger partial charge in [-0.2, -0.15) is 5.10 Å². The first-order valence-electron chi connectivity index (χ1n) is 6.29. The summed E-state index contributed by atoms with van der Waals surface area (Å²) in [5, 5.41) is 4.21. The van der Waals surface area contributed by atoms with Crippen molar-refractivity contribution in [1.29, 1.82) is 0 Å². The van der Waals surface area contributed by atoms with Gasteiger partial charge in [0.15, 0.2) is 5.82 Å². The first kappa shape index (κ1) is 11.2. The van der Waals surface area contributed by atoms with Crippen LogP contribution in [0.1, 0.15) is 19.8 Å². The van der Waals surface area contributed by atoms with E-state index in [-0.39, 0.29) is 5.92 Å². The van der Waals surface area contributed by atoms with E-state index in [1.165, 1.54) is 0 Å². The molecule has 3 rings (SSSR count). The molecule has 0 radical (unpaired) electrons. The Morgan fingerprint density at radius 3 is 2.83 bits per heavy atom. The third kappa shape index (κ3) is 1.85. The fourth-order valence-electron chi connectivity index (χ4n) is 2.58. The van der Waals surface area contributed by atoms with Crippen LogP contribution in [0.15, 0.2) is 24.7 Å². The van der Waals surface area contributed by atoms with E-state index in [1.807, 2.05) is 16.8 Å². The van der Waals surface area contributed by atoms with Crippen LogP contribution in [-0.2, 0) is 4.79 Å². The average Bonchev–Trinajstić information content (AvgIpc) is 2.87. The predicted octanol–water partition coefficient (Wildman–Crippen LogP) is 1.53. The van der Waals surface area contributed by atoms with Crippen LogP contribution in [0.5, 0.6) is 0 Å². The number of Topliss-reactive ketones (excluding diaryl/α,β-unsaturated/α-hetero) is 1. The molecule has 0 unspecified atom stereocenters. The van der Waals surface area contributed by atoms with Crippen molar-refractivity contribution in [2.45, 2.75) is 19.8 Å². The smallest absolute Gasteiger partial charge is 0.154 e. The maximum Gasteiger partial charge on any atom is 0.154 e. The molecule has 2 aromatic heterocycles. The highest BCUT2D eigenvalue weighted by atomic mass is 16.1. The molecule has 1 aliphatic rings. The zero-order valence-electron chi connectivity index (χ0n) is 10.4. The molecule has 0 saturated carbocycles. The summed E-state index contributed by atoms with van der Waals surface area (Å²) in [6, 6.07) is 1.97. The molecule has 0 bridgehead atoms. The summed E-state index contributed by atoms with van der Waals surface area (Å²) in [6.07, 6.45) is 7.24. The quantitative estimate of drug-likeness (QED) is 0.804. The predicted molar refractivity (Wildman–Crippen MR) is 68.6 cm³/mol. The molecule has 2 aromatic rings. The molecule has 5 heteroatoms. The van der Waals surface area contributed by atoms with Crippen LogP contribution in [0, 0.1) is 5.92 Å². The zero-order valence-corrected chi connectivity index (χ0v) is 10.4. The molecule has 1 saturated heterocycles. The number of fused-ring (bicyclic) bond motifs is 1. The van der Waals surface area contributed by atoms with Crippen molar-refractivity contribution in [2.75, 3.05) is 18.0 Å². The highest BCUT2D eigenvalue weighted by Crippen LogP contribution is 2.25. The zero-order chi connectivity index (χ0) is 12.5. The lowest BCUT2D eigenvalue weighted by atomic mass is 9.93. The van der Waals surface area contributed by atoms with E-state index >= 15 is 0 Å². The lowest BCUT2D eigenvalue weighted by molar-refractivity contribution is -0.121. The van der Waals surface area contributed by atoms with E-state index < -0.39 is 0 Å². The van der Waals surface area contributed by atoms with Gasteiger partial charge in [0.1, 0.15) is 11.3 Å². The number of hydrogen-bond acceptors (Lipinski definition) is 4. The third-order valence-corrected chi connectivity index (χ3v) is 3.67. The molecule has 5 nitrogen and oxygen atoms in total. The summed E-state index contributed by atoms with van der Waals surface area (Å²) in [6.45, 7) is 3.47. The van der Waals surface area contributed by atoms with Gasteiger partial charge >= 0.3 is 0 Å². The van der Waals surface area contributed by atoms with E-state index in [4.69, 9.17) is 0 Å². The van der Waals surface area contributed by atoms with Crippen molar-refractivity contribution in [1.82, 2.24) is 14.6 Å². The Labute approximate surface area is 105 Å². The standard InChI is InChI=1S/C13H16N4O/c1-10(18)11-3-7-16(8-4-11)13-12-2-5-15-17(12)9-6-14-13/h2,5-6,9,11H,3-4,7-8H2,1H3. The molecule has 1 fully saturated rings. The Kier molecular flexibility index (Phi) is 2.74. The molecular formula is C13H16N4O. The molecule has 18 heavy (non-hydrogen) atoms. The summed E-state index contributed by atoms with van der Waals surface area (Å²) in [5.41, 5.74) is 1.03. The Balaban J connectivity index is 1.84. The second kappa shape index (κ2) is 4.40. The Bertz CT molecular complexity index is 569. The normalized spacial score (nSPS) is 17.3. The summed E-state index contributed by atoms with van der Waals surface area (Å²) in [7, 11) is 0. The van der Waals surface area contributed by atoms with E-state index in [2.05, 4.69) is 15.0 Å². The first-order valence-corrected chi connectivity index (χ1v) is 6.29. The van der Waals surface area contributed by atoms with Crippen LogP contribution in [-0.4, -0.2) is 33.5 Å². The van der Waals surface area contributed by atoms with Crippen molar-refractivity contribution < 1.29 is 4.79 Å². The fraction of sp³-hybridized carbons (Fsp3) is 0.462. The maximum absolute atomic E-state index is 11.4. The number of aromatic nitrogens is 3. The third-order valence-electron chi connectivity index (χ3n) is 3.67. The van der Waals surface area contributed by atoms with Crippen LogP contribution >= 0.6 is 0 Å². The molecule has 1 aliphatic heterocycles. The van der Waals surface area contributed by atoms with Crippen molar-refractivity contribution in [3.05, 3.63) is 24.7 Å². The Morgan fingerprint density at radius 1 is 1.33 bits per heavy atom. The van der Waals surface area contributed by atoms with Gasteiger partial charge in [-0.3, -0.25) is 4.79 Å². The molecule has 0 N–H and O–H groups in total. The lowest BCUT2D eigenvalue weighted by Crippen LogP contribution is -2.36. The Morgan fingerprint density at radius 2 is 2.11 bits per heavy atom. The largest absolute Gasteiger partial charge is 0.355 e. The van der Waals surface area contributed by atoms with Gasteiger partial charge in [0.05, 0.1) is 6.20 Å². The first-order chi connectivity index (χ1) is 8.75. The minimum Gasteiger partial charge on any atom is -0.355 e. The van der Waals surface area contributed by atoms with Gasteiger partial charge in [-0.15, -0.1) is 0 Å². The number of ketones is 1. The lowest BCUT2D eigenvalue weighted by Gasteiger charge is -2.31. The summed E-state index contributed by atoms with van der Waals surface area (Å²) in [4.78, 5) is 18.1. The molecule has 0 aliphatic carbocycles. The minimum absolute atomic E-state index is 0.228. The van der Waals surface area contributed by atoms with E-state index in [0.29, 0.717) is 5.78 Å². The fourth-order valence-corrected chi connectivity index (χ4v) is 2.58. The number of carbonyl (C=O) groups excluding carboxylic acids is 1. The minimum atomic E-state index is 0.228. The highest BCUT2D eigenvalue weighted by Gasteiger charge is 2.24. The summed E-state index contributed by atoms with van der Waals surface area (Å²) >= 11 is 0. The topological polar surface area (TPSA) is 50.5 Å². The van der Waals surface area contributed by atoms with Gasteiger partial charge in [0, 0.05) is 31.4 Å².